The summed E-state index contributed by atoms with van der Waals surface area (Å²) in [7, 11) is 1.33. The van der Waals surface area contributed by atoms with E-state index in [-0.39, 0.29) is 5.91 Å². The summed E-state index contributed by atoms with van der Waals surface area (Å²) in [6, 6.07) is 22.8. The van der Waals surface area contributed by atoms with Crippen LogP contribution >= 0.6 is 0 Å². The molecule has 5 nitrogen and oxygen atoms in total. The van der Waals surface area contributed by atoms with Gasteiger partial charge in [-0.2, -0.15) is 0 Å². The SMILES string of the molecule is COC(=O)c1ccc2c(c1)NC(=O)C2=C(Nc1ccc(C)cc1)c1ccccc1. The van der Waals surface area contributed by atoms with Crippen LogP contribution in [-0.4, -0.2) is 19.0 Å². The van der Waals surface area contributed by atoms with Gasteiger partial charge in [0.05, 0.1) is 29.6 Å². The quantitative estimate of drug-likeness (QED) is 0.505. The second-order valence-corrected chi connectivity index (χ2v) is 6.81. The average molecular weight is 384 g/mol. The van der Waals surface area contributed by atoms with Crippen molar-refractivity contribution in [2.75, 3.05) is 17.7 Å². The van der Waals surface area contributed by atoms with Crippen LogP contribution in [0.25, 0.3) is 11.3 Å². The highest BCUT2D eigenvalue weighted by molar-refractivity contribution is 6.37. The third-order valence-electron chi connectivity index (χ3n) is 4.82. The first-order chi connectivity index (χ1) is 14.1. The van der Waals surface area contributed by atoms with Crippen LogP contribution in [0.5, 0.6) is 0 Å². The van der Waals surface area contributed by atoms with E-state index in [1.54, 1.807) is 18.2 Å². The zero-order valence-corrected chi connectivity index (χ0v) is 16.2. The minimum absolute atomic E-state index is 0.222. The van der Waals surface area contributed by atoms with Crippen LogP contribution in [0.2, 0.25) is 0 Å². The van der Waals surface area contributed by atoms with Gasteiger partial charge in [-0.1, -0.05) is 54.1 Å². The molecule has 0 radical (unpaired) electrons. The normalized spacial score (nSPS) is 14.1. The molecule has 5 heteroatoms. The maximum atomic E-state index is 12.9. The number of nitrogens with one attached hydrogen (secondary N) is 2. The number of hydrogen-bond acceptors (Lipinski definition) is 4. The number of anilines is 2. The molecule has 0 bridgehead atoms. The molecule has 2 N–H and O–H groups in total. The molecule has 29 heavy (non-hydrogen) atoms. The van der Waals surface area contributed by atoms with Crippen molar-refractivity contribution in [3.05, 3.63) is 95.1 Å². The fourth-order valence-corrected chi connectivity index (χ4v) is 3.33. The van der Waals surface area contributed by atoms with Crippen molar-refractivity contribution in [1.82, 2.24) is 0 Å². The molecule has 0 fully saturated rings. The summed E-state index contributed by atoms with van der Waals surface area (Å²) >= 11 is 0. The van der Waals surface area contributed by atoms with Crippen molar-refractivity contribution in [3.8, 4) is 0 Å². The number of hydrogen-bond donors (Lipinski definition) is 2. The van der Waals surface area contributed by atoms with E-state index in [1.165, 1.54) is 7.11 Å². The second kappa shape index (κ2) is 7.64. The highest BCUT2D eigenvalue weighted by atomic mass is 16.5. The minimum atomic E-state index is -0.444. The standard InChI is InChI=1S/C24H20N2O3/c1-15-8-11-18(12-9-15)25-22(16-6-4-3-5-7-16)21-19-13-10-17(24(28)29-2)14-20(19)26-23(21)27/h3-14,25H,1-2H3,(H,26,27). The Labute approximate surface area is 169 Å². The molecule has 1 amide bonds. The molecular weight excluding hydrogens is 364 g/mol. The highest BCUT2D eigenvalue weighted by Crippen LogP contribution is 2.38. The number of methoxy groups -OCH3 is 1. The van der Waals surface area contributed by atoms with Crippen LogP contribution in [0.4, 0.5) is 11.4 Å². The van der Waals surface area contributed by atoms with Gasteiger partial charge in [0, 0.05) is 11.3 Å². The number of rotatable bonds is 4. The van der Waals surface area contributed by atoms with E-state index in [2.05, 4.69) is 10.6 Å². The van der Waals surface area contributed by atoms with Gasteiger partial charge in [-0.15, -0.1) is 0 Å². The van der Waals surface area contributed by atoms with Crippen molar-refractivity contribution in [3.63, 3.8) is 0 Å². The summed E-state index contributed by atoms with van der Waals surface area (Å²) in [6.07, 6.45) is 0. The van der Waals surface area contributed by atoms with Gasteiger partial charge in [0.25, 0.3) is 5.91 Å². The van der Waals surface area contributed by atoms with Crippen LogP contribution in [0, 0.1) is 6.92 Å². The summed E-state index contributed by atoms with van der Waals surface area (Å²) in [5.41, 5.74) is 5.88. The third kappa shape index (κ3) is 3.62. The third-order valence-corrected chi connectivity index (χ3v) is 4.82. The highest BCUT2D eigenvalue weighted by Gasteiger charge is 2.29. The lowest BCUT2D eigenvalue weighted by Crippen LogP contribution is -2.10. The fourth-order valence-electron chi connectivity index (χ4n) is 3.33. The Morgan fingerprint density at radius 2 is 1.66 bits per heavy atom. The molecule has 3 aromatic carbocycles. The Morgan fingerprint density at radius 3 is 2.34 bits per heavy atom. The molecule has 1 aliphatic heterocycles. The number of ether oxygens (including phenoxy) is 1. The maximum Gasteiger partial charge on any atom is 0.337 e. The van der Waals surface area contributed by atoms with E-state index < -0.39 is 5.97 Å². The largest absolute Gasteiger partial charge is 0.465 e. The van der Waals surface area contributed by atoms with Crippen molar-refractivity contribution < 1.29 is 14.3 Å². The summed E-state index contributed by atoms with van der Waals surface area (Å²) in [5, 5.41) is 6.28. The Hall–Kier alpha value is -3.86. The second-order valence-electron chi connectivity index (χ2n) is 6.81. The lowest BCUT2D eigenvalue weighted by atomic mass is 9.99. The molecule has 0 atom stereocenters. The molecule has 0 saturated heterocycles. The molecule has 4 rings (SSSR count). The molecule has 0 saturated carbocycles. The van der Waals surface area contributed by atoms with E-state index in [1.807, 2.05) is 61.5 Å². The fraction of sp³-hybridized carbons (Fsp3) is 0.0833. The molecular formula is C24H20N2O3. The van der Waals surface area contributed by atoms with E-state index in [0.717, 1.165) is 22.4 Å². The topological polar surface area (TPSA) is 67.4 Å². The average Bonchev–Trinajstić information content (AvgIpc) is 3.08. The van der Waals surface area contributed by atoms with Crippen LogP contribution in [-0.2, 0) is 9.53 Å². The summed E-state index contributed by atoms with van der Waals surface area (Å²) in [6.45, 7) is 2.03. The van der Waals surface area contributed by atoms with Gasteiger partial charge in [-0.25, -0.2) is 4.79 Å². The van der Waals surface area contributed by atoms with E-state index in [0.29, 0.717) is 22.5 Å². The Balaban J connectivity index is 1.86. The van der Waals surface area contributed by atoms with Crippen molar-refractivity contribution in [2.24, 2.45) is 0 Å². The molecule has 0 aliphatic carbocycles. The van der Waals surface area contributed by atoms with Crippen molar-refractivity contribution in [2.45, 2.75) is 6.92 Å². The van der Waals surface area contributed by atoms with E-state index >= 15 is 0 Å². The Kier molecular flexibility index (Phi) is 4.87. The summed E-state index contributed by atoms with van der Waals surface area (Å²) in [4.78, 5) is 24.8. The first-order valence-electron chi connectivity index (χ1n) is 9.24. The molecule has 1 heterocycles. The number of carbonyl (C=O) groups is 2. The number of aryl methyl sites for hydroxylation is 1. The molecule has 3 aromatic rings. The van der Waals surface area contributed by atoms with Gasteiger partial charge in [0.15, 0.2) is 0 Å². The van der Waals surface area contributed by atoms with Gasteiger partial charge in [0.1, 0.15) is 0 Å². The van der Waals surface area contributed by atoms with E-state index in [9.17, 15) is 9.59 Å². The molecule has 0 aromatic heterocycles. The molecule has 144 valence electrons. The number of amides is 1. The van der Waals surface area contributed by atoms with Gasteiger partial charge in [0.2, 0.25) is 0 Å². The number of benzene rings is 3. The first kappa shape index (κ1) is 18.5. The number of fused-ring (bicyclic) bond motifs is 1. The number of carbonyl (C=O) groups excluding carboxylic acids is 2. The number of esters is 1. The predicted octanol–water partition coefficient (Wildman–Crippen LogP) is 4.71. The Bertz CT molecular complexity index is 1120. The van der Waals surface area contributed by atoms with E-state index in [4.69, 9.17) is 4.74 Å². The maximum absolute atomic E-state index is 12.9. The van der Waals surface area contributed by atoms with Crippen molar-refractivity contribution in [1.29, 1.82) is 0 Å². The smallest absolute Gasteiger partial charge is 0.337 e. The first-order valence-corrected chi connectivity index (χ1v) is 9.24. The van der Waals surface area contributed by atoms with Crippen LogP contribution in [0.1, 0.15) is 27.0 Å². The monoisotopic (exact) mass is 384 g/mol. The Morgan fingerprint density at radius 1 is 0.931 bits per heavy atom. The zero-order chi connectivity index (χ0) is 20.4. The zero-order valence-electron chi connectivity index (χ0n) is 16.2. The van der Waals surface area contributed by atoms with Gasteiger partial charge in [-0.3, -0.25) is 4.79 Å². The van der Waals surface area contributed by atoms with Gasteiger partial charge in [-0.05, 0) is 36.8 Å². The van der Waals surface area contributed by atoms with Crippen LogP contribution in [0.15, 0.2) is 72.8 Å². The molecule has 1 aliphatic rings. The van der Waals surface area contributed by atoms with Gasteiger partial charge >= 0.3 is 5.97 Å². The van der Waals surface area contributed by atoms with Crippen LogP contribution < -0.4 is 10.6 Å². The van der Waals surface area contributed by atoms with Gasteiger partial charge < -0.3 is 15.4 Å². The molecule has 0 spiro atoms. The minimum Gasteiger partial charge on any atom is -0.465 e. The summed E-state index contributed by atoms with van der Waals surface area (Å²) < 4.78 is 4.78. The predicted molar refractivity (Wildman–Crippen MR) is 114 cm³/mol. The lowest BCUT2D eigenvalue weighted by molar-refractivity contribution is -0.110. The summed E-state index contributed by atoms with van der Waals surface area (Å²) in [5.74, 6) is -0.666. The van der Waals surface area contributed by atoms with Crippen LogP contribution in [0.3, 0.4) is 0 Å². The lowest BCUT2D eigenvalue weighted by Gasteiger charge is -2.15. The van der Waals surface area contributed by atoms with Crippen molar-refractivity contribution >= 4 is 34.5 Å². The molecule has 0 unspecified atom stereocenters.